The van der Waals surface area contributed by atoms with Crippen LogP contribution in [0.25, 0.3) is 0 Å². The van der Waals surface area contributed by atoms with Crippen molar-refractivity contribution in [1.29, 1.82) is 0 Å². The van der Waals surface area contributed by atoms with Crippen LogP contribution in [0, 0.1) is 40.4 Å². The van der Waals surface area contributed by atoms with Gasteiger partial charge < -0.3 is 5.11 Å². The maximum atomic E-state index is 13.8. The number of thioether (sulfide) groups is 1. The molecule has 0 aromatic carbocycles. The van der Waals surface area contributed by atoms with E-state index in [2.05, 4.69) is 18.7 Å². The molecule has 1 heterocycles. The lowest BCUT2D eigenvalue weighted by molar-refractivity contribution is -0.168. The molecule has 0 bridgehead atoms. The molecule has 168 valence electrons. The average Bonchev–Trinajstić information content (AvgIpc) is 3.05. The van der Waals surface area contributed by atoms with Gasteiger partial charge in [0, 0.05) is 48.9 Å². The summed E-state index contributed by atoms with van der Waals surface area (Å²) in [5, 5.41) is 11.1. The van der Waals surface area contributed by atoms with Gasteiger partial charge in [-0.1, -0.05) is 13.8 Å². The van der Waals surface area contributed by atoms with Crippen LogP contribution in [0.15, 0.2) is 0 Å². The van der Waals surface area contributed by atoms with E-state index in [9.17, 15) is 14.7 Å². The van der Waals surface area contributed by atoms with E-state index in [0.29, 0.717) is 30.0 Å². The third-order valence-electron chi connectivity index (χ3n) is 10.4. The Morgan fingerprint density at radius 3 is 2.53 bits per heavy atom. The third kappa shape index (κ3) is 3.08. The summed E-state index contributed by atoms with van der Waals surface area (Å²) in [6.07, 6.45) is 6.51. The lowest BCUT2D eigenvalue weighted by Crippen LogP contribution is -2.62. The summed E-state index contributed by atoms with van der Waals surface area (Å²) in [5.74, 6) is 4.65. The number of rotatable bonds is 2. The second-order valence-electron chi connectivity index (χ2n) is 11.6. The monoisotopic (exact) mass is 433 g/mol. The number of fused-ring (bicyclic) bond motifs is 5. The second kappa shape index (κ2) is 7.59. The van der Waals surface area contributed by atoms with Crippen LogP contribution in [0.1, 0.15) is 65.7 Å². The molecule has 0 unspecified atom stereocenters. The third-order valence-corrected chi connectivity index (χ3v) is 11.3. The normalized spacial score (nSPS) is 51.7. The minimum Gasteiger partial charge on any atom is -0.391 e. The molecule has 4 aliphatic carbocycles. The molecule has 30 heavy (non-hydrogen) atoms. The topological polar surface area (TPSA) is 57.6 Å². The van der Waals surface area contributed by atoms with Gasteiger partial charge >= 0.3 is 0 Å². The van der Waals surface area contributed by atoms with Crippen molar-refractivity contribution < 1.29 is 14.7 Å². The Hall–Kier alpha value is -0.390. The van der Waals surface area contributed by atoms with Crippen molar-refractivity contribution in [3.63, 3.8) is 0 Å². The average molecular weight is 434 g/mol. The van der Waals surface area contributed by atoms with E-state index in [4.69, 9.17) is 0 Å². The molecule has 0 spiro atoms. The lowest BCUT2D eigenvalue weighted by atomic mass is 9.43. The van der Waals surface area contributed by atoms with Crippen LogP contribution < -0.4 is 0 Å². The van der Waals surface area contributed by atoms with E-state index in [0.717, 1.165) is 63.1 Å². The molecule has 5 aliphatic rings. The lowest BCUT2D eigenvalue weighted by Gasteiger charge is -2.61. The molecule has 0 amide bonds. The summed E-state index contributed by atoms with van der Waals surface area (Å²) < 4.78 is 0. The van der Waals surface area contributed by atoms with Crippen LogP contribution in [0.3, 0.4) is 0 Å². The molecule has 0 aromatic heterocycles. The molecule has 1 saturated heterocycles. The predicted molar refractivity (Wildman–Crippen MR) is 120 cm³/mol. The van der Waals surface area contributed by atoms with Crippen LogP contribution in [0.5, 0.6) is 0 Å². The zero-order valence-corrected chi connectivity index (χ0v) is 19.8. The van der Waals surface area contributed by atoms with Crippen molar-refractivity contribution in [3.8, 4) is 0 Å². The van der Waals surface area contributed by atoms with Crippen LogP contribution in [0.2, 0.25) is 0 Å². The van der Waals surface area contributed by atoms with Gasteiger partial charge in [0.1, 0.15) is 11.6 Å². The molecule has 9 atom stereocenters. The van der Waals surface area contributed by atoms with Gasteiger partial charge in [-0.2, -0.15) is 11.8 Å². The quantitative estimate of drug-likeness (QED) is 0.718. The van der Waals surface area contributed by atoms with Gasteiger partial charge in [0.2, 0.25) is 0 Å². The fraction of sp³-hybridized carbons (Fsp3) is 0.920. The van der Waals surface area contributed by atoms with Crippen LogP contribution in [-0.4, -0.2) is 58.3 Å². The van der Waals surface area contributed by atoms with Crippen LogP contribution in [-0.2, 0) is 9.59 Å². The fourth-order valence-corrected chi connectivity index (χ4v) is 9.98. The van der Waals surface area contributed by atoms with Crippen LogP contribution >= 0.6 is 11.8 Å². The minimum absolute atomic E-state index is 0.00409. The Morgan fingerprint density at radius 2 is 1.83 bits per heavy atom. The van der Waals surface area contributed by atoms with Crippen molar-refractivity contribution in [1.82, 2.24) is 4.90 Å². The van der Waals surface area contributed by atoms with E-state index in [-0.39, 0.29) is 40.6 Å². The van der Waals surface area contributed by atoms with Crippen molar-refractivity contribution in [2.45, 2.75) is 77.9 Å². The fourth-order valence-electron chi connectivity index (χ4n) is 9.05. The first kappa shape index (κ1) is 21.5. The molecule has 1 aliphatic heterocycles. The SMILES string of the molecule is CC(=O)[C@H]1CC[C@H]2[C@@H]3CC[C@H]4C[C@H](O)[C@@H](N5CCSCC5)C[C@]4(C)[C@H]3C(=O)C[C@]12C. The Bertz CT molecular complexity index is 721. The summed E-state index contributed by atoms with van der Waals surface area (Å²) in [5.41, 5.74) is -0.116. The summed E-state index contributed by atoms with van der Waals surface area (Å²) in [6.45, 7) is 8.51. The summed E-state index contributed by atoms with van der Waals surface area (Å²) >= 11 is 2.01. The summed E-state index contributed by atoms with van der Waals surface area (Å²) in [6, 6.07) is 0.209. The van der Waals surface area contributed by atoms with Gasteiger partial charge in [-0.25, -0.2) is 0 Å². The molecule has 4 saturated carbocycles. The number of carbonyl (C=O) groups excluding carboxylic acids is 2. The largest absolute Gasteiger partial charge is 0.391 e. The Labute approximate surface area is 185 Å². The molecule has 5 rings (SSSR count). The molecule has 0 radical (unpaired) electrons. The smallest absolute Gasteiger partial charge is 0.137 e. The van der Waals surface area contributed by atoms with Gasteiger partial charge in [-0.3, -0.25) is 14.5 Å². The van der Waals surface area contributed by atoms with Gasteiger partial charge in [0.15, 0.2) is 0 Å². The number of carbonyl (C=O) groups is 2. The van der Waals surface area contributed by atoms with Crippen molar-refractivity contribution in [2.24, 2.45) is 40.4 Å². The van der Waals surface area contributed by atoms with E-state index in [1.165, 1.54) is 0 Å². The number of ketones is 2. The van der Waals surface area contributed by atoms with Gasteiger partial charge in [0.25, 0.3) is 0 Å². The molecule has 4 nitrogen and oxygen atoms in total. The molecule has 5 fully saturated rings. The standard InChI is InChI=1S/C25H39NO3S/c1-15(27)18-6-7-19-17-5-4-16-12-21(28)20(26-8-10-30-11-9-26)13-24(16,2)23(17)22(29)14-25(18,19)3/h16-21,23,28H,4-14H2,1-3H3/t16-,17-,18+,19-,20-,21-,23+,24-,25+/m0/s1. The number of hydrogen-bond donors (Lipinski definition) is 1. The number of Topliss-reactive ketones (excluding diaryl/α,β-unsaturated/α-hetero) is 2. The molecular formula is C25H39NO3S. The zero-order chi connectivity index (χ0) is 21.3. The molecular weight excluding hydrogens is 394 g/mol. The molecule has 1 N–H and O–H groups in total. The highest BCUT2D eigenvalue weighted by molar-refractivity contribution is 7.99. The number of aliphatic hydroxyl groups is 1. The molecule has 0 aromatic rings. The Balaban J connectivity index is 1.45. The van der Waals surface area contributed by atoms with E-state index in [1.54, 1.807) is 6.92 Å². The van der Waals surface area contributed by atoms with E-state index >= 15 is 0 Å². The number of nitrogens with zero attached hydrogens (tertiary/aromatic N) is 1. The number of hydrogen-bond acceptors (Lipinski definition) is 5. The van der Waals surface area contributed by atoms with Gasteiger partial charge in [-0.15, -0.1) is 0 Å². The Morgan fingerprint density at radius 1 is 1.10 bits per heavy atom. The first-order valence-electron chi connectivity index (χ1n) is 12.3. The van der Waals surface area contributed by atoms with Crippen molar-refractivity contribution in [3.05, 3.63) is 0 Å². The maximum absolute atomic E-state index is 13.8. The summed E-state index contributed by atoms with van der Waals surface area (Å²) in [4.78, 5) is 28.7. The minimum atomic E-state index is -0.250. The predicted octanol–water partition coefficient (Wildman–Crippen LogP) is 3.80. The van der Waals surface area contributed by atoms with E-state index in [1.807, 2.05) is 11.8 Å². The summed E-state index contributed by atoms with van der Waals surface area (Å²) in [7, 11) is 0. The Kier molecular flexibility index (Phi) is 5.43. The van der Waals surface area contributed by atoms with E-state index < -0.39 is 0 Å². The van der Waals surface area contributed by atoms with Crippen molar-refractivity contribution in [2.75, 3.05) is 24.6 Å². The highest BCUT2D eigenvalue weighted by Crippen LogP contribution is 2.66. The molecule has 5 heteroatoms. The zero-order valence-electron chi connectivity index (χ0n) is 18.9. The maximum Gasteiger partial charge on any atom is 0.137 e. The second-order valence-corrected chi connectivity index (χ2v) is 12.9. The number of aliphatic hydroxyl groups excluding tert-OH is 1. The highest BCUT2D eigenvalue weighted by atomic mass is 32.2. The van der Waals surface area contributed by atoms with Crippen LogP contribution in [0.4, 0.5) is 0 Å². The first-order chi connectivity index (χ1) is 14.3. The first-order valence-corrected chi connectivity index (χ1v) is 13.4. The van der Waals surface area contributed by atoms with Gasteiger partial charge in [-0.05, 0) is 74.0 Å². The van der Waals surface area contributed by atoms with Gasteiger partial charge in [0.05, 0.1) is 6.10 Å². The van der Waals surface area contributed by atoms with Crippen molar-refractivity contribution >= 4 is 23.3 Å². The highest BCUT2D eigenvalue weighted by Gasteiger charge is 2.64.